The fraction of sp³-hybridized carbons (Fsp3) is 0.600. The van der Waals surface area contributed by atoms with Gasteiger partial charge in [-0.3, -0.25) is 4.90 Å². The van der Waals surface area contributed by atoms with E-state index in [-0.39, 0.29) is 0 Å². The normalized spacial score (nSPS) is 25.2. The molecule has 0 aromatic heterocycles. The first-order chi connectivity index (χ1) is 8.65. The predicted octanol–water partition coefficient (Wildman–Crippen LogP) is 2.65. The molecule has 1 N–H and O–H groups in total. The summed E-state index contributed by atoms with van der Waals surface area (Å²) in [5.74, 6) is 0. The Balaban J connectivity index is 2.09. The van der Waals surface area contributed by atoms with Crippen molar-refractivity contribution in [2.45, 2.75) is 32.9 Å². The van der Waals surface area contributed by atoms with Crippen LogP contribution in [0.25, 0.3) is 0 Å². The second kappa shape index (κ2) is 5.61. The van der Waals surface area contributed by atoms with Gasteiger partial charge >= 0.3 is 0 Å². The van der Waals surface area contributed by atoms with Gasteiger partial charge in [-0.05, 0) is 44.7 Å². The van der Waals surface area contributed by atoms with Crippen molar-refractivity contribution in [3.63, 3.8) is 0 Å². The second-order valence-electron chi connectivity index (χ2n) is 5.23. The van der Waals surface area contributed by atoms with Crippen LogP contribution in [0.15, 0.2) is 24.3 Å². The Labute approximate surface area is 111 Å². The number of likely N-dealkylation sites (N-methyl/N-ethyl adjacent to an activating group) is 1. The van der Waals surface area contributed by atoms with Crippen molar-refractivity contribution in [1.29, 1.82) is 0 Å². The van der Waals surface area contributed by atoms with E-state index in [1.54, 1.807) is 0 Å². The Morgan fingerprint density at radius 2 is 1.67 bits per heavy atom. The van der Waals surface area contributed by atoms with Crippen LogP contribution in [0.1, 0.15) is 20.8 Å². The van der Waals surface area contributed by atoms with Crippen LogP contribution in [0, 0.1) is 0 Å². The summed E-state index contributed by atoms with van der Waals surface area (Å²) in [7, 11) is 1.96. The van der Waals surface area contributed by atoms with Crippen molar-refractivity contribution in [1.82, 2.24) is 4.90 Å². The minimum absolute atomic E-state index is 0.628. The van der Waals surface area contributed by atoms with Crippen molar-refractivity contribution >= 4 is 11.4 Å². The maximum atomic E-state index is 3.16. The molecule has 1 aliphatic rings. The molecule has 0 amide bonds. The molecule has 0 saturated carbocycles. The van der Waals surface area contributed by atoms with Gasteiger partial charge < -0.3 is 10.2 Å². The summed E-state index contributed by atoms with van der Waals surface area (Å²) in [6.07, 6.45) is 0. The van der Waals surface area contributed by atoms with E-state index in [0.29, 0.717) is 12.1 Å². The third-order valence-electron chi connectivity index (χ3n) is 3.99. The largest absolute Gasteiger partial charge is 0.388 e. The van der Waals surface area contributed by atoms with Crippen molar-refractivity contribution in [2.75, 3.05) is 36.9 Å². The van der Waals surface area contributed by atoms with Gasteiger partial charge in [-0.15, -0.1) is 0 Å². The average Bonchev–Trinajstić information content (AvgIpc) is 2.38. The summed E-state index contributed by atoms with van der Waals surface area (Å²) < 4.78 is 0. The summed E-state index contributed by atoms with van der Waals surface area (Å²) in [6.45, 7) is 10.3. The Morgan fingerprint density at radius 3 is 2.11 bits per heavy atom. The topological polar surface area (TPSA) is 18.5 Å². The number of piperazine rings is 1. The maximum Gasteiger partial charge on any atom is 0.0368 e. The number of rotatable bonds is 3. The second-order valence-corrected chi connectivity index (χ2v) is 5.23. The number of benzene rings is 1. The van der Waals surface area contributed by atoms with Crippen LogP contribution in [-0.2, 0) is 0 Å². The van der Waals surface area contributed by atoms with Gasteiger partial charge in [0.05, 0.1) is 0 Å². The fourth-order valence-electron chi connectivity index (χ4n) is 3.03. The molecule has 1 heterocycles. The van der Waals surface area contributed by atoms with Crippen LogP contribution < -0.4 is 10.2 Å². The van der Waals surface area contributed by atoms with Gasteiger partial charge in [0.15, 0.2) is 0 Å². The Hall–Kier alpha value is -1.22. The molecule has 2 atom stereocenters. The number of nitrogens with one attached hydrogen (secondary N) is 1. The summed E-state index contributed by atoms with van der Waals surface area (Å²) >= 11 is 0. The molecule has 18 heavy (non-hydrogen) atoms. The SMILES string of the molecule is CCN1[C@H](C)CN(c2ccc(NC)cc2)C[C@@H]1C. The zero-order chi connectivity index (χ0) is 13.1. The molecule has 1 fully saturated rings. The highest BCUT2D eigenvalue weighted by atomic mass is 15.3. The number of nitrogens with zero attached hydrogens (tertiary/aromatic N) is 2. The number of anilines is 2. The molecular weight excluding hydrogens is 222 g/mol. The highest BCUT2D eigenvalue weighted by Crippen LogP contribution is 2.23. The van der Waals surface area contributed by atoms with Crippen LogP contribution in [0.2, 0.25) is 0 Å². The van der Waals surface area contributed by atoms with E-state index < -0.39 is 0 Å². The molecule has 3 heteroatoms. The zero-order valence-corrected chi connectivity index (χ0v) is 12.0. The lowest BCUT2D eigenvalue weighted by Gasteiger charge is -2.45. The zero-order valence-electron chi connectivity index (χ0n) is 12.0. The Morgan fingerprint density at radius 1 is 1.11 bits per heavy atom. The van der Waals surface area contributed by atoms with Crippen molar-refractivity contribution < 1.29 is 0 Å². The highest BCUT2D eigenvalue weighted by Gasteiger charge is 2.28. The average molecular weight is 247 g/mol. The van der Waals surface area contributed by atoms with Gasteiger partial charge in [0.25, 0.3) is 0 Å². The minimum atomic E-state index is 0.628. The molecule has 2 rings (SSSR count). The highest BCUT2D eigenvalue weighted by molar-refractivity contribution is 5.55. The maximum absolute atomic E-state index is 3.16. The first-order valence-electron chi connectivity index (χ1n) is 6.94. The van der Waals surface area contributed by atoms with E-state index >= 15 is 0 Å². The summed E-state index contributed by atoms with van der Waals surface area (Å²) in [6, 6.07) is 9.98. The van der Waals surface area contributed by atoms with Crippen molar-refractivity contribution in [3.05, 3.63) is 24.3 Å². The monoisotopic (exact) mass is 247 g/mol. The van der Waals surface area contributed by atoms with Gasteiger partial charge in [0.2, 0.25) is 0 Å². The van der Waals surface area contributed by atoms with Gasteiger partial charge in [0.1, 0.15) is 0 Å². The summed E-state index contributed by atoms with van der Waals surface area (Å²) in [4.78, 5) is 5.08. The van der Waals surface area contributed by atoms with E-state index in [4.69, 9.17) is 0 Å². The van der Waals surface area contributed by atoms with Crippen LogP contribution >= 0.6 is 0 Å². The van der Waals surface area contributed by atoms with Crippen molar-refractivity contribution in [3.8, 4) is 0 Å². The van der Waals surface area contributed by atoms with E-state index in [9.17, 15) is 0 Å². The lowest BCUT2D eigenvalue weighted by atomic mass is 10.1. The van der Waals surface area contributed by atoms with Crippen LogP contribution in [-0.4, -0.2) is 43.7 Å². The first kappa shape index (κ1) is 13.2. The molecule has 0 spiro atoms. The Bertz CT molecular complexity index is 362. The molecule has 1 aromatic rings. The summed E-state index contributed by atoms with van der Waals surface area (Å²) in [5, 5.41) is 3.16. The van der Waals surface area contributed by atoms with E-state index in [1.807, 2.05) is 7.05 Å². The smallest absolute Gasteiger partial charge is 0.0368 e. The summed E-state index contributed by atoms with van der Waals surface area (Å²) in [5.41, 5.74) is 2.51. The molecule has 1 aliphatic heterocycles. The lowest BCUT2D eigenvalue weighted by molar-refractivity contribution is 0.140. The van der Waals surface area contributed by atoms with Gasteiger partial charge in [-0.25, -0.2) is 0 Å². The molecule has 3 nitrogen and oxygen atoms in total. The van der Waals surface area contributed by atoms with Gasteiger partial charge in [0, 0.05) is 43.6 Å². The molecule has 0 bridgehead atoms. The first-order valence-corrected chi connectivity index (χ1v) is 6.94. The third kappa shape index (κ3) is 2.61. The molecule has 0 unspecified atom stereocenters. The quantitative estimate of drug-likeness (QED) is 0.886. The standard InChI is InChI=1S/C15H25N3/c1-5-18-12(2)10-17(11-13(18)3)15-8-6-14(16-4)7-9-15/h6-9,12-13,16H,5,10-11H2,1-4H3/t12-,13+. The third-order valence-corrected chi connectivity index (χ3v) is 3.99. The van der Waals surface area contributed by atoms with E-state index in [2.05, 4.69) is 60.2 Å². The molecule has 1 aromatic carbocycles. The predicted molar refractivity (Wildman–Crippen MR) is 79.5 cm³/mol. The lowest BCUT2D eigenvalue weighted by Crippen LogP contribution is -2.56. The van der Waals surface area contributed by atoms with Crippen molar-refractivity contribution in [2.24, 2.45) is 0 Å². The fourth-order valence-corrected chi connectivity index (χ4v) is 3.03. The minimum Gasteiger partial charge on any atom is -0.388 e. The van der Waals surface area contributed by atoms with Crippen LogP contribution in [0.4, 0.5) is 11.4 Å². The van der Waals surface area contributed by atoms with E-state index in [0.717, 1.165) is 19.6 Å². The molecule has 0 radical (unpaired) electrons. The van der Waals surface area contributed by atoms with Crippen LogP contribution in [0.3, 0.4) is 0 Å². The van der Waals surface area contributed by atoms with Gasteiger partial charge in [-0.2, -0.15) is 0 Å². The Kier molecular flexibility index (Phi) is 4.12. The van der Waals surface area contributed by atoms with Crippen LogP contribution in [0.5, 0.6) is 0 Å². The molecule has 1 saturated heterocycles. The number of hydrogen-bond donors (Lipinski definition) is 1. The number of hydrogen-bond acceptors (Lipinski definition) is 3. The molecule has 0 aliphatic carbocycles. The molecule has 100 valence electrons. The molecular formula is C15H25N3. The van der Waals surface area contributed by atoms with E-state index in [1.165, 1.54) is 11.4 Å². The van der Waals surface area contributed by atoms with Gasteiger partial charge in [-0.1, -0.05) is 6.92 Å².